The molecule has 2 heteroatoms. The van der Waals surface area contributed by atoms with E-state index in [1.807, 2.05) is 18.2 Å². The average molecular weight is 382 g/mol. The maximum Gasteiger partial charge on any atom is 0.0130 e. The van der Waals surface area contributed by atoms with Crippen molar-refractivity contribution in [3.8, 4) is 0 Å². The fourth-order valence-corrected chi connectivity index (χ4v) is 4.01. The van der Waals surface area contributed by atoms with Gasteiger partial charge in [-0.3, -0.25) is 0 Å². The summed E-state index contributed by atoms with van der Waals surface area (Å²) in [5.74, 6) is 0. The Balaban J connectivity index is 0.000000149. The Morgan fingerprint density at radius 3 is 1.72 bits per heavy atom. The number of allylic oxidation sites excluding steroid dienone is 8. The van der Waals surface area contributed by atoms with Gasteiger partial charge in [-0.1, -0.05) is 18.2 Å². The minimum Gasteiger partial charge on any atom is -0.0622 e. The molecule has 0 aliphatic heterocycles. The van der Waals surface area contributed by atoms with Crippen LogP contribution in [-0.2, 0) is 19.2 Å². The molecule has 0 radical (unpaired) electrons. The SMILES string of the molecule is C1=CC[C]([Ti][C]2=CC=CC2)=C1.Ic1ccccc1. The van der Waals surface area contributed by atoms with Gasteiger partial charge in [0.25, 0.3) is 0 Å². The zero-order valence-electron chi connectivity index (χ0n) is 10.1. The maximum atomic E-state index is 2.29. The summed E-state index contributed by atoms with van der Waals surface area (Å²) in [6.45, 7) is 0. The number of hydrogen-bond acceptors (Lipinski definition) is 0. The molecular weight excluding hydrogens is 367 g/mol. The molecule has 0 spiro atoms. The summed E-state index contributed by atoms with van der Waals surface area (Å²) in [7, 11) is 0. The Hall–Kier alpha value is -0.376. The molecule has 0 N–H and O–H groups in total. The molecule has 0 fully saturated rings. The van der Waals surface area contributed by atoms with Gasteiger partial charge in [-0.25, -0.2) is 0 Å². The Morgan fingerprint density at radius 1 is 0.833 bits per heavy atom. The van der Waals surface area contributed by atoms with Crippen LogP contribution in [0.4, 0.5) is 0 Å². The first-order valence-corrected chi connectivity index (χ1v) is 8.67. The van der Waals surface area contributed by atoms with Crippen molar-refractivity contribution in [1.29, 1.82) is 0 Å². The van der Waals surface area contributed by atoms with Gasteiger partial charge in [0.1, 0.15) is 0 Å². The molecule has 1 aromatic rings. The molecular formula is C16H15ITi. The standard InChI is InChI=1S/C6H5I.2C5H5.Ti/c7-6-4-2-1-3-5-6;2*1-2-4-5-3-1;/h1-5H;2*1-3H,4H2;. The predicted molar refractivity (Wildman–Crippen MR) is 82.8 cm³/mol. The van der Waals surface area contributed by atoms with Crippen molar-refractivity contribution in [1.82, 2.24) is 0 Å². The molecule has 0 nitrogen and oxygen atoms in total. The van der Waals surface area contributed by atoms with E-state index in [1.165, 1.54) is 16.4 Å². The first-order chi connectivity index (χ1) is 8.84. The number of benzene rings is 1. The molecule has 0 amide bonds. The van der Waals surface area contributed by atoms with Crippen LogP contribution in [0.2, 0.25) is 0 Å². The molecule has 90 valence electrons. The molecule has 0 saturated heterocycles. The third-order valence-corrected chi connectivity index (χ3v) is 5.48. The van der Waals surface area contributed by atoms with Crippen LogP contribution in [0.25, 0.3) is 0 Å². The van der Waals surface area contributed by atoms with Crippen LogP contribution >= 0.6 is 22.6 Å². The van der Waals surface area contributed by atoms with E-state index in [2.05, 4.69) is 71.2 Å². The summed E-state index contributed by atoms with van der Waals surface area (Å²) in [4.78, 5) is 0. The molecule has 3 rings (SSSR count). The Kier molecular flexibility index (Phi) is 6.19. The van der Waals surface area contributed by atoms with Crippen LogP contribution in [0, 0.1) is 3.57 Å². The van der Waals surface area contributed by atoms with Crippen molar-refractivity contribution in [2.24, 2.45) is 0 Å². The second kappa shape index (κ2) is 7.93. The van der Waals surface area contributed by atoms with Gasteiger partial charge in [0.15, 0.2) is 0 Å². The average Bonchev–Trinajstić information content (AvgIpc) is 3.05. The van der Waals surface area contributed by atoms with Gasteiger partial charge in [0.2, 0.25) is 0 Å². The summed E-state index contributed by atoms with van der Waals surface area (Å²) in [5, 5.41) is 0. The van der Waals surface area contributed by atoms with E-state index in [-0.39, 0.29) is 19.2 Å². The summed E-state index contributed by atoms with van der Waals surface area (Å²) in [6, 6.07) is 10.2. The summed E-state index contributed by atoms with van der Waals surface area (Å²) < 4.78 is 4.65. The molecule has 18 heavy (non-hydrogen) atoms. The second-order valence-corrected chi connectivity index (χ2v) is 7.71. The smallest absolute Gasteiger partial charge is 0.0130 e. The van der Waals surface area contributed by atoms with Crippen molar-refractivity contribution >= 4 is 22.6 Å². The molecule has 2 aliphatic carbocycles. The Morgan fingerprint density at radius 2 is 1.39 bits per heavy atom. The second-order valence-electron chi connectivity index (χ2n) is 4.07. The van der Waals surface area contributed by atoms with E-state index < -0.39 is 0 Å². The van der Waals surface area contributed by atoms with Crippen LogP contribution in [0.1, 0.15) is 12.8 Å². The van der Waals surface area contributed by atoms with Gasteiger partial charge in [0, 0.05) is 3.57 Å². The fraction of sp³-hybridized carbons (Fsp3) is 0.125. The number of halogens is 1. The molecule has 0 heterocycles. The number of rotatable bonds is 2. The van der Waals surface area contributed by atoms with Crippen LogP contribution in [0.15, 0.2) is 74.5 Å². The molecule has 2 aliphatic rings. The molecule has 0 bridgehead atoms. The van der Waals surface area contributed by atoms with Crippen molar-refractivity contribution in [3.63, 3.8) is 0 Å². The van der Waals surface area contributed by atoms with Gasteiger partial charge < -0.3 is 0 Å². The van der Waals surface area contributed by atoms with E-state index in [1.54, 1.807) is 7.76 Å². The summed E-state index contributed by atoms with van der Waals surface area (Å²) >= 11 is 2.36. The largest absolute Gasteiger partial charge is 0.0622 e. The fourth-order valence-electron chi connectivity index (χ4n) is 1.70. The third kappa shape index (κ3) is 5.09. The monoisotopic (exact) mass is 382 g/mol. The molecule has 0 aromatic heterocycles. The van der Waals surface area contributed by atoms with Crippen molar-refractivity contribution in [3.05, 3.63) is 78.1 Å². The van der Waals surface area contributed by atoms with Gasteiger partial charge in [0.05, 0.1) is 0 Å². The van der Waals surface area contributed by atoms with Crippen molar-refractivity contribution in [2.45, 2.75) is 12.8 Å². The zero-order chi connectivity index (χ0) is 12.6. The van der Waals surface area contributed by atoms with E-state index in [9.17, 15) is 0 Å². The van der Waals surface area contributed by atoms with Gasteiger partial charge in [-0.05, 0) is 34.7 Å². The first kappa shape index (κ1) is 14.0. The first-order valence-electron chi connectivity index (χ1n) is 6.03. The van der Waals surface area contributed by atoms with E-state index in [0.717, 1.165) is 0 Å². The van der Waals surface area contributed by atoms with Gasteiger partial charge in [-0.15, -0.1) is 0 Å². The maximum absolute atomic E-state index is 2.29. The van der Waals surface area contributed by atoms with Gasteiger partial charge in [-0.2, -0.15) is 0 Å². The van der Waals surface area contributed by atoms with Crippen LogP contribution < -0.4 is 0 Å². The van der Waals surface area contributed by atoms with E-state index in [4.69, 9.17) is 0 Å². The van der Waals surface area contributed by atoms with Crippen LogP contribution in [-0.4, -0.2) is 0 Å². The zero-order valence-corrected chi connectivity index (χ0v) is 13.9. The summed E-state index contributed by atoms with van der Waals surface area (Å²) in [6.07, 6.45) is 15.9. The minimum atomic E-state index is 0.0833. The molecule has 0 unspecified atom stereocenters. The van der Waals surface area contributed by atoms with Crippen LogP contribution in [0.3, 0.4) is 0 Å². The van der Waals surface area contributed by atoms with Crippen LogP contribution in [0.5, 0.6) is 0 Å². The Bertz CT molecular complexity index is 467. The van der Waals surface area contributed by atoms with Gasteiger partial charge >= 0.3 is 76.2 Å². The Labute approximate surface area is 132 Å². The quantitative estimate of drug-likeness (QED) is 0.496. The topological polar surface area (TPSA) is 0 Å². The normalized spacial score (nSPS) is 15.8. The van der Waals surface area contributed by atoms with Crippen molar-refractivity contribution < 1.29 is 19.2 Å². The molecule has 0 atom stereocenters. The predicted octanol–water partition coefficient (Wildman–Crippen LogP) is 5.05. The molecule has 1 aromatic carbocycles. The van der Waals surface area contributed by atoms with Crippen molar-refractivity contribution in [2.75, 3.05) is 0 Å². The van der Waals surface area contributed by atoms with E-state index in [0.29, 0.717) is 0 Å². The third-order valence-electron chi connectivity index (χ3n) is 2.60. The van der Waals surface area contributed by atoms with E-state index >= 15 is 0 Å². The minimum absolute atomic E-state index is 0.0833. The number of hydrogen-bond donors (Lipinski definition) is 0. The summed E-state index contributed by atoms with van der Waals surface area (Å²) in [5.41, 5.74) is 0. The molecule has 0 saturated carbocycles.